The zero-order valence-corrected chi connectivity index (χ0v) is 8.45. The molecule has 4 heteroatoms. The van der Waals surface area contributed by atoms with Gasteiger partial charge in [-0.3, -0.25) is 9.59 Å². The van der Waals surface area contributed by atoms with Crippen molar-refractivity contribution in [3.05, 3.63) is 12.2 Å². The van der Waals surface area contributed by atoms with Gasteiger partial charge in [-0.05, 0) is 19.3 Å². The Morgan fingerprint density at radius 3 is 2.43 bits per heavy atom. The van der Waals surface area contributed by atoms with Crippen molar-refractivity contribution in [1.29, 1.82) is 0 Å². The van der Waals surface area contributed by atoms with Crippen LogP contribution in [0.4, 0.5) is 0 Å². The molecular formula is C10H17NO3. The van der Waals surface area contributed by atoms with Gasteiger partial charge in [-0.1, -0.05) is 19.9 Å². The number of primary amides is 1. The third-order valence-electron chi connectivity index (χ3n) is 2.14. The van der Waals surface area contributed by atoms with Crippen molar-refractivity contribution in [2.75, 3.05) is 0 Å². The van der Waals surface area contributed by atoms with Crippen molar-refractivity contribution in [2.24, 2.45) is 11.7 Å². The Labute approximate surface area is 83.8 Å². The summed E-state index contributed by atoms with van der Waals surface area (Å²) >= 11 is 0. The molecule has 1 unspecified atom stereocenters. The lowest BCUT2D eigenvalue weighted by atomic mass is 10.0. The molecule has 0 aliphatic heterocycles. The van der Waals surface area contributed by atoms with Gasteiger partial charge in [0.05, 0.1) is 5.92 Å². The van der Waals surface area contributed by atoms with Crippen LogP contribution in [0, 0.1) is 5.92 Å². The van der Waals surface area contributed by atoms with Gasteiger partial charge in [-0.25, -0.2) is 0 Å². The molecule has 3 N–H and O–H groups in total. The van der Waals surface area contributed by atoms with Crippen molar-refractivity contribution >= 4 is 11.9 Å². The Kier molecular flexibility index (Phi) is 5.60. The van der Waals surface area contributed by atoms with Gasteiger partial charge in [0, 0.05) is 5.57 Å². The van der Waals surface area contributed by atoms with Crippen molar-refractivity contribution in [1.82, 2.24) is 0 Å². The Bertz CT molecular complexity index is 236. The maximum absolute atomic E-state index is 10.6. The van der Waals surface area contributed by atoms with Crippen LogP contribution in [0.3, 0.4) is 0 Å². The molecule has 4 nitrogen and oxygen atoms in total. The minimum absolute atomic E-state index is 0.322. The molecule has 0 bridgehead atoms. The lowest BCUT2D eigenvalue weighted by Gasteiger charge is -2.05. The second-order valence-corrected chi connectivity index (χ2v) is 3.45. The molecule has 80 valence electrons. The molecule has 0 fully saturated rings. The average molecular weight is 199 g/mol. The fourth-order valence-electron chi connectivity index (χ4n) is 1.04. The topological polar surface area (TPSA) is 80.4 Å². The van der Waals surface area contributed by atoms with Crippen molar-refractivity contribution in [3.63, 3.8) is 0 Å². The van der Waals surface area contributed by atoms with Crippen LogP contribution in [0.25, 0.3) is 0 Å². The molecule has 14 heavy (non-hydrogen) atoms. The van der Waals surface area contributed by atoms with Gasteiger partial charge in [0.2, 0.25) is 5.91 Å². The monoisotopic (exact) mass is 199 g/mol. The lowest BCUT2D eigenvalue weighted by Crippen LogP contribution is -2.13. The van der Waals surface area contributed by atoms with E-state index in [0.717, 1.165) is 12.8 Å². The Hall–Kier alpha value is -1.32. The van der Waals surface area contributed by atoms with Crippen molar-refractivity contribution in [3.8, 4) is 0 Å². The number of aliphatic carboxylic acids is 1. The summed E-state index contributed by atoms with van der Waals surface area (Å²) in [4.78, 5) is 21.0. The number of rotatable bonds is 7. The molecule has 1 amide bonds. The van der Waals surface area contributed by atoms with E-state index in [1.54, 1.807) is 6.92 Å². The quantitative estimate of drug-likeness (QED) is 0.479. The Balaban J connectivity index is 3.52. The number of carbonyl (C=O) groups is 2. The molecule has 0 saturated carbocycles. The number of amides is 1. The summed E-state index contributed by atoms with van der Waals surface area (Å²) in [6.07, 6.45) is 2.72. The first-order valence-corrected chi connectivity index (χ1v) is 4.65. The van der Waals surface area contributed by atoms with Crippen LogP contribution < -0.4 is 5.73 Å². The van der Waals surface area contributed by atoms with E-state index in [4.69, 9.17) is 10.8 Å². The summed E-state index contributed by atoms with van der Waals surface area (Å²) in [6, 6.07) is 0. The summed E-state index contributed by atoms with van der Waals surface area (Å²) in [5.74, 6) is -1.58. The third kappa shape index (κ3) is 5.35. The number of hydrogen-bond acceptors (Lipinski definition) is 2. The fourth-order valence-corrected chi connectivity index (χ4v) is 1.04. The first-order chi connectivity index (χ1) is 6.45. The number of carboxylic acid groups (broad SMARTS) is 1. The summed E-state index contributed by atoms with van der Waals surface area (Å²) in [5, 5.41) is 8.59. The zero-order chi connectivity index (χ0) is 11.1. The highest BCUT2D eigenvalue weighted by atomic mass is 16.4. The molecule has 0 aromatic carbocycles. The van der Waals surface area contributed by atoms with E-state index in [1.165, 1.54) is 0 Å². The Morgan fingerprint density at radius 2 is 2.00 bits per heavy atom. The van der Waals surface area contributed by atoms with Crippen LogP contribution in [0.2, 0.25) is 0 Å². The van der Waals surface area contributed by atoms with Gasteiger partial charge in [0.1, 0.15) is 0 Å². The van der Waals surface area contributed by atoms with Gasteiger partial charge < -0.3 is 10.8 Å². The molecule has 0 aromatic heterocycles. The molecule has 0 aliphatic rings. The minimum Gasteiger partial charge on any atom is -0.481 e. The number of nitrogens with two attached hydrogens (primary N) is 1. The summed E-state index contributed by atoms with van der Waals surface area (Å²) < 4.78 is 0. The van der Waals surface area contributed by atoms with Gasteiger partial charge in [-0.2, -0.15) is 0 Å². The summed E-state index contributed by atoms with van der Waals surface area (Å²) in [5.41, 5.74) is 5.40. The van der Waals surface area contributed by atoms with Crippen LogP contribution in [0.1, 0.15) is 32.6 Å². The SMILES string of the molecule is C=C(CCCCC(C)C(=O)O)C(N)=O. The van der Waals surface area contributed by atoms with E-state index in [-0.39, 0.29) is 5.92 Å². The molecule has 0 saturated heterocycles. The van der Waals surface area contributed by atoms with Crippen molar-refractivity contribution < 1.29 is 14.7 Å². The summed E-state index contributed by atoms with van der Waals surface area (Å²) in [7, 11) is 0. The number of carboxylic acids is 1. The summed E-state index contributed by atoms with van der Waals surface area (Å²) in [6.45, 7) is 5.19. The molecule has 0 spiro atoms. The Morgan fingerprint density at radius 1 is 1.43 bits per heavy atom. The lowest BCUT2D eigenvalue weighted by molar-refractivity contribution is -0.141. The van der Waals surface area contributed by atoms with E-state index in [2.05, 4.69) is 6.58 Å². The molecular weight excluding hydrogens is 182 g/mol. The fraction of sp³-hybridized carbons (Fsp3) is 0.600. The number of carbonyl (C=O) groups excluding carboxylic acids is 1. The van der Waals surface area contributed by atoms with Crippen LogP contribution in [-0.4, -0.2) is 17.0 Å². The van der Waals surface area contributed by atoms with Gasteiger partial charge in [0.15, 0.2) is 0 Å². The zero-order valence-electron chi connectivity index (χ0n) is 8.45. The van der Waals surface area contributed by atoms with Gasteiger partial charge in [0.25, 0.3) is 0 Å². The standard InChI is InChI=1S/C10H17NO3/c1-7(9(11)12)5-3-4-6-8(2)10(13)14/h8H,1,3-6H2,2H3,(H2,11,12)(H,13,14). The highest BCUT2D eigenvalue weighted by Gasteiger charge is 2.10. The normalized spacial score (nSPS) is 12.1. The highest BCUT2D eigenvalue weighted by molar-refractivity contribution is 5.91. The van der Waals surface area contributed by atoms with E-state index < -0.39 is 11.9 Å². The van der Waals surface area contributed by atoms with E-state index >= 15 is 0 Å². The van der Waals surface area contributed by atoms with Gasteiger partial charge >= 0.3 is 5.97 Å². The van der Waals surface area contributed by atoms with Crippen LogP contribution >= 0.6 is 0 Å². The second kappa shape index (κ2) is 6.18. The van der Waals surface area contributed by atoms with E-state index in [1.807, 2.05) is 0 Å². The maximum Gasteiger partial charge on any atom is 0.306 e. The molecule has 0 radical (unpaired) electrons. The van der Waals surface area contributed by atoms with Crippen molar-refractivity contribution in [2.45, 2.75) is 32.6 Å². The third-order valence-corrected chi connectivity index (χ3v) is 2.14. The first kappa shape index (κ1) is 12.7. The first-order valence-electron chi connectivity index (χ1n) is 4.65. The molecule has 0 rings (SSSR count). The maximum atomic E-state index is 10.6. The molecule has 1 atom stereocenters. The van der Waals surface area contributed by atoms with Crippen LogP contribution in [-0.2, 0) is 9.59 Å². The van der Waals surface area contributed by atoms with Crippen LogP contribution in [0.5, 0.6) is 0 Å². The molecule has 0 aromatic rings. The predicted octanol–water partition coefficient (Wildman–Crippen LogP) is 1.31. The van der Waals surface area contributed by atoms with Gasteiger partial charge in [-0.15, -0.1) is 0 Å². The minimum atomic E-state index is -0.779. The van der Waals surface area contributed by atoms with E-state index in [0.29, 0.717) is 18.4 Å². The second-order valence-electron chi connectivity index (χ2n) is 3.45. The average Bonchev–Trinajstić information content (AvgIpc) is 2.11. The predicted molar refractivity (Wildman–Crippen MR) is 53.6 cm³/mol. The largest absolute Gasteiger partial charge is 0.481 e. The highest BCUT2D eigenvalue weighted by Crippen LogP contribution is 2.11. The smallest absolute Gasteiger partial charge is 0.306 e. The van der Waals surface area contributed by atoms with Crippen LogP contribution in [0.15, 0.2) is 12.2 Å². The molecule has 0 aliphatic carbocycles. The number of unbranched alkanes of at least 4 members (excludes halogenated alkanes) is 1. The molecule has 0 heterocycles. The number of hydrogen-bond donors (Lipinski definition) is 2. The van der Waals surface area contributed by atoms with E-state index in [9.17, 15) is 9.59 Å².